The van der Waals surface area contributed by atoms with Crippen LogP contribution in [0.1, 0.15) is 24.7 Å². The maximum absolute atomic E-state index is 13.4. The Morgan fingerprint density at radius 2 is 2.00 bits per heavy atom. The van der Waals surface area contributed by atoms with Gasteiger partial charge in [-0.3, -0.25) is 4.79 Å². The molecule has 0 aliphatic carbocycles. The smallest absolute Gasteiger partial charge is 0.384 e. The Hall–Kier alpha value is -2.10. The van der Waals surface area contributed by atoms with Crippen LogP contribution in [0.4, 0.5) is 13.2 Å². The van der Waals surface area contributed by atoms with Crippen molar-refractivity contribution in [3.8, 4) is 0 Å². The van der Waals surface area contributed by atoms with Gasteiger partial charge in [0.1, 0.15) is 5.60 Å². The maximum atomic E-state index is 13.4. The number of carbonyl (C=O) groups is 1. The lowest BCUT2D eigenvalue weighted by Gasteiger charge is -2.30. The Balaban J connectivity index is 2.14. The molecular formula is C17H19ClF3N3O3. The number of benzene rings is 1. The van der Waals surface area contributed by atoms with E-state index < -0.39 is 35.5 Å². The van der Waals surface area contributed by atoms with Crippen LogP contribution in [0.15, 0.2) is 36.7 Å². The van der Waals surface area contributed by atoms with E-state index in [1.807, 2.05) is 0 Å². The summed E-state index contributed by atoms with van der Waals surface area (Å²) in [7, 11) is 1.28. The van der Waals surface area contributed by atoms with Gasteiger partial charge < -0.3 is 20.1 Å². The quantitative estimate of drug-likeness (QED) is 0.688. The van der Waals surface area contributed by atoms with E-state index in [2.05, 4.69) is 10.3 Å². The molecule has 0 radical (unpaired) electrons. The highest BCUT2D eigenvalue weighted by molar-refractivity contribution is 6.30. The Bertz CT molecular complexity index is 823. The number of carbonyl (C=O) groups excluding carboxylic acids is 1. The number of nitrogens with zero attached hydrogens (tertiary/aromatic N) is 2. The lowest BCUT2D eigenvalue weighted by atomic mass is 9.94. The SMILES string of the molecule is Cn1ccnc1[C@@](O)(CC(=O)NC[C@](C)(O)c1cccc(Cl)c1)C(F)(F)F. The van der Waals surface area contributed by atoms with E-state index in [0.29, 0.717) is 10.6 Å². The highest BCUT2D eigenvalue weighted by Crippen LogP contribution is 2.40. The van der Waals surface area contributed by atoms with E-state index in [0.717, 1.165) is 10.8 Å². The van der Waals surface area contributed by atoms with E-state index in [9.17, 15) is 28.2 Å². The molecule has 6 nitrogen and oxygen atoms in total. The van der Waals surface area contributed by atoms with E-state index in [4.69, 9.17) is 11.6 Å². The van der Waals surface area contributed by atoms with Crippen LogP contribution < -0.4 is 5.32 Å². The fraction of sp³-hybridized carbons (Fsp3) is 0.412. The predicted molar refractivity (Wildman–Crippen MR) is 91.8 cm³/mol. The number of amides is 1. The van der Waals surface area contributed by atoms with Gasteiger partial charge in [-0.05, 0) is 24.6 Å². The van der Waals surface area contributed by atoms with Crippen LogP contribution in [0.2, 0.25) is 5.02 Å². The first-order valence-corrected chi connectivity index (χ1v) is 8.26. The standard InChI is InChI=1S/C17H19ClF3N3O3/c1-15(26,11-4-3-5-12(18)8-11)10-23-13(25)9-16(27,17(19,20)21)14-22-6-7-24(14)2/h3-8,26-27H,9-10H2,1-2H3,(H,23,25)/t15-,16-/m0/s1. The van der Waals surface area contributed by atoms with Crippen LogP contribution in [0, 0.1) is 0 Å². The monoisotopic (exact) mass is 405 g/mol. The second kappa shape index (κ2) is 7.49. The fourth-order valence-corrected chi connectivity index (χ4v) is 2.75. The zero-order valence-corrected chi connectivity index (χ0v) is 15.3. The molecular weight excluding hydrogens is 387 g/mol. The van der Waals surface area contributed by atoms with Crippen molar-refractivity contribution in [1.82, 2.24) is 14.9 Å². The van der Waals surface area contributed by atoms with Crippen molar-refractivity contribution in [2.24, 2.45) is 7.05 Å². The normalized spacial score (nSPS) is 16.4. The number of alkyl halides is 3. The second-order valence-electron chi connectivity index (χ2n) is 6.46. The Kier molecular flexibility index (Phi) is 5.88. The van der Waals surface area contributed by atoms with Gasteiger partial charge in [0.05, 0.1) is 13.0 Å². The third-order valence-electron chi connectivity index (χ3n) is 4.15. The van der Waals surface area contributed by atoms with Crippen molar-refractivity contribution >= 4 is 17.5 Å². The highest BCUT2D eigenvalue weighted by Gasteiger charge is 2.58. The predicted octanol–water partition coefficient (Wildman–Crippen LogP) is 2.24. The first-order valence-electron chi connectivity index (χ1n) is 7.89. The summed E-state index contributed by atoms with van der Waals surface area (Å²) in [5.74, 6) is -1.80. The van der Waals surface area contributed by atoms with Gasteiger partial charge >= 0.3 is 6.18 Å². The minimum Gasteiger partial charge on any atom is -0.384 e. The minimum absolute atomic E-state index is 0.361. The molecule has 10 heteroatoms. The summed E-state index contributed by atoms with van der Waals surface area (Å²) in [6.07, 6.45) is -4.10. The lowest BCUT2D eigenvalue weighted by molar-refractivity contribution is -0.271. The summed E-state index contributed by atoms with van der Waals surface area (Å²) in [6.45, 7) is 1.01. The molecule has 0 unspecified atom stereocenters. The molecule has 0 spiro atoms. The Morgan fingerprint density at radius 1 is 1.33 bits per heavy atom. The Labute approximate surface area is 158 Å². The van der Waals surface area contributed by atoms with Gasteiger partial charge in [0.25, 0.3) is 0 Å². The molecule has 0 saturated heterocycles. The molecule has 2 aromatic rings. The Morgan fingerprint density at radius 3 is 2.52 bits per heavy atom. The number of aromatic nitrogens is 2. The summed E-state index contributed by atoms with van der Waals surface area (Å²) < 4.78 is 41.3. The number of hydrogen-bond acceptors (Lipinski definition) is 4. The molecule has 1 heterocycles. The fourth-order valence-electron chi connectivity index (χ4n) is 2.56. The van der Waals surface area contributed by atoms with Gasteiger partial charge in [0.15, 0.2) is 5.82 Å². The molecule has 27 heavy (non-hydrogen) atoms. The van der Waals surface area contributed by atoms with Gasteiger partial charge in [0, 0.05) is 24.5 Å². The van der Waals surface area contributed by atoms with Crippen LogP contribution in [0.5, 0.6) is 0 Å². The third kappa shape index (κ3) is 4.60. The molecule has 2 rings (SSSR count). The number of hydrogen-bond donors (Lipinski definition) is 3. The zero-order valence-electron chi connectivity index (χ0n) is 14.6. The van der Waals surface area contributed by atoms with E-state index in [1.54, 1.807) is 18.2 Å². The zero-order chi connectivity index (χ0) is 20.5. The molecule has 1 aromatic carbocycles. The molecule has 0 aliphatic heterocycles. The molecule has 148 valence electrons. The van der Waals surface area contributed by atoms with Crippen LogP contribution in [-0.4, -0.2) is 38.4 Å². The van der Waals surface area contributed by atoms with Gasteiger partial charge in [-0.2, -0.15) is 13.2 Å². The van der Waals surface area contributed by atoms with E-state index in [1.165, 1.54) is 26.2 Å². The van der Waals surface area contributed by atoms with Gasteiger partial charge in [-0.15, -0.1) is 0 Å². The van der Waals surface area contributed by atoms with Crippen molar-refractivity contribution < 1.29 is 28.2 Å². The van der Waals surface area contributed by atoms with Gasteiger partial charge in [0.2, 0.25) is 11.5 Å². The second-order valence-corrected chi connectivity index (χ2v) is 6.89. The largest absolute Gasteiger partial charge is 0.425 e. The average Bonchev–Trinajstić information content (AvgIpc) is 2.98. The summed E-state index contributed by atoms with van der Waals surface area (Å²) >= 11 is 5.86. The number of nitrogens with one attached hydrogen (secondary N) is 1. The van der Waals surface area contributed by atoms with Crippen LogP contribution in [0.25, 0.3) is 0 Å². The molecule has 1 aromatic heterocycles. The summed E-state index contributed by atoms with van der Waals surface area (Å²) in [5.41, 5.74) is -4.65. The highest BCUT2D eigenvalue weighted by atomic mass is 35.5. The third-order valence-corrected chi connectivity index (χ3v) is 4.39. The molecule has 3 N–H and O–H groups in total. The summed E-state index contributed by atoms with van der Waals surface area (Å²) in [4.78, 5) is 15.6. The molecule has 0 bridgehead atoms. The van der Waals surface area contributed by atoms with Gasteiger partial charge in [-0.25, -0.2) is 4.98 Å². The molecule has 1 amide bonds. The van der Waals surface area contributed by atoms with Crippen molar-refractivity contribution in [3.63, 3.8) is 0 Å². The summed E-state index contributed by atoms with van der Waals surface area (Å²) in [5, 5.41) is 23.2. The molecule has 0 saturated carbocycles. The van der Waals surface area contributed by atoms with E-state index in [-0.39, 0.29) is 6.54 Å². The van der Waals surface area contributed by atoms with Crippen LogP contribution in [0.3, 0.4) is 0 Å². The lowest BCUT2D eigenvalue weighted by Crippen LogP contribution is -2.49. The number of rotatable bonds is 6. The number of aliphatic hydroxyl groups is 2. The van der Waals surface area contributed by atoms with Crippen molar-refractivity contribution in [2.45, 2.75) is 30.7 Å². The molecule has 0 fully saturated rings. The van der Waals surface area contributed by atoms with Crippen molar-refractivity contribution in [1.29, 1.82) is 0 Å². The van der Waals surface area contributed by atoms with Crippen LogP contribution >= 0.6 is 11.6 Å². The van der Waals surface area contributed by atoms with E-state index >= 15 is 0 Å². The van der Waals surface area contributed by atoms with Gasteiger partial charge in [-0.1, -0.05) is 23.7 Å². The number of aryl methyl sites for hydroxylation is 1. The average molecular weight is 406 g/mol. The van der Waals surface area contributed by atoms with Crippen LogP contribution in [-0.2, 0) is 23.0 Å². The summed E-state index contributed by atoms with van der Waals surface area (Å²) in [6, 6.07) is 6.24. The minimum atomic E-state index is -5.13. The maximum Gasteiger partial charge on any atom is 0.425 e. The first-order chi connectivity index (χ1) is 12.4. The first kappa shape index (κ1) is 21.2. The number of halogens is 4. The van der Waals surface area contributed by atoms with Crippen molar-refractivity contribution in [2.75, 3.05) is 6.54 Å². The molecule has 2 atom stereocenters. The topological polar surface area (TPSA) is 87.4 Å². The number of imidazole rings is 1. The molecule has 0 aliphatic rings. The van der Waals surface area contributed by atoms with Crippen molar-refractivity contribution in [3.05, 3.63) is 53.1 Å².